The number of phenolic OH excluding ortho intramolecular Hbond substituents is 2. The minimum absolute atomic E-state index is 0.0390. The van der Waals surface area contributed by atoms with E-state index < -0.39 is 47.3 Å². The topological polar surface area (TPSA) is 185 Å². The van der Waals surface area contributed by atoms with Crippen LogP contribution in [0.25, 0.3) is 0 Å². The zero-order valence-corrected chi connectivity index (χ0v) is 20.3. The summed E-state index contributed by atoms with van der Waals surface area (Å²) >= 11 is 1.92. The normalized spacial score (nSPS) is 13.6. The van der Waals surface area contributed by atoms with E-state index in [1.165, 1.54) is 13.8 Å². The zero-order valence-electron chi connectivity index (χ0n) is 18.7. The average molecular weight is 504 g/mol. The maximum absolute atomic E-state index is 11.4. The number of thioether (sulfide) groups is 2. The van der Waals surface area contributed by atoms with E-state index in [9.17, 15) is 39.6 Å². The molecule has 0 heterocycles. The molecule has 1 aromatic rings. The molecule has 33 heavy (non-hydrogen) atoms. The number of hydrogen-bond donors (Lipinski definition) is 7. The van der Waals surface area contributed by atoms with Crippen molar-refractivity contribution in [2.45, 2.75) is 55.1 Å². The molecular weight excluding hydrogens is 474 g/mol. The van der Waals surface area contributed by atoms with Crippen molar-refractivity contribution in [3.05, 3.63) is 11.6 Å². The summed E-state index contributed by atoms with van der Waals surface area (Å²) < 4.78 is 0. The Morgan fingerprint density at radius 1 is 0.909 bits per heavy atom. The van der Waals surface area contributed by atoms with Crippen LogP contribution in [0.2, 0.25) is 0 Å². The zero-order chi connectivity index (χ0) is 25.3. The summed E-state index contributed by atoms with van der Waals surface area (Å²) in [6, 6.07) is -0.845. The van der Waals surface area contributed by atoms with Crippen molar-refractivity contribution < 1.29 is 39.6 Å². The fourth-order valence-electron chi connectivity index (χ4n) is 2.70. The molecule has 0 aliphatic carbocycles. The van der Waals surface area contributed by atoms with Gasteiger partial charge in [0.2, 0.25) is 11.8 Å². The predicted molar refractivity (Wildman–Crippen MR) is 124 cm³/mol. The number of carbonyl (C=O) groups is 4. The van der Waals surface area contributed by atoms with E-state index in [4.69, 9.17) is 0 Å². The number of likely N-dealkylation sites (N-methyl/N-ethyl adjacent to an activating group) is 1. The number of aliphatic carboxylic acids is 2. The van der Waals surface area contributed by atoms with Crippen LogP contribution in [0.3, 0.4) is 0 Å². The first-order valence-electron chi connectivity index (χ1n) is 9.87. The molecule has 2 amide bonds. The second-order valence-electron chi connectivity index (χ2n) is 7.26. The van der Waals surface area contributed by atoms with Crippen molar-refractivity contribution in [3.8, 4) is 11.5 Å². The first-order chi connectivity index (χ1) is 15.4. The number of amides is 2. The van der Waals surface area contributed by atoms with Gasteiger partial charge in [0.05, 0.1) is 9.79 Å². The van der Waals surface area contributed by atoms with Gasteiger partial charge >= 0.3 is 11.9 Å². The lowest BCUT2D eigenvalue weighted by Crippen LogP contribution is -2.41. The second kappa shape index (κ2) is 13.2. The van der Waals surface area contributed by atoms with Crippen molar-refractivity contribution in [2.75, 3.05) is 18.6 Å². The van der Waals surface area contributed by atoms with E-state index in [1.807, 2.05) is 6.92 Å². The Morgan fingerprint density at radius 3 is 1.82 bits per heavy atom. The van der Waals surface area contributed by atoms with Gasteiger partial charge < -0.3 is 36.4 Å². The van der Waals surface area contributed by atoms with Crippen LogP contribution in [-0.4, -0.2) is 80.9 Å². The second-order valence-corrected chi connectivity index (χ2v) is 9.35. The minimum Gasteiger partial charge on any atom is -0.503 e. The van der Waals surface area contributed by atoms with E-state index >= 15 is 0 Å². The molecule has 0 saturated heterocycles. The number of phenols is 2. The van der Waals surface area contributed by atoms with E-state index in [1.54, 1.807) is 13.1 Å². The van der Waals surface area contributed by atoms with Gasteiger partial charge in [0.1, 0.15) is 12.1 Å². The Kier molecular flexibility index (Phi) is 11.3. The summed E-state index contributed by atoms with van der Waals surface area (Å²) in [4.78, 5) is 45.8. The molecule has 0 bridgehead atoms. The molecule has 0 radical (unpaired) electrons. The summed E-state index contributed by atoms with van der Waals surface area (Å²) in [6.07, 6.45) is 0.409. The van der Waals surface area contributed by atoms with Gasteiger partial charge in [-0.1, -0.05) is 0 Å². The summed E-state index contributed by atoms with van der Waals surface area (Å²) in [7, 11) is 1.75. The molecule has 184 valence electrons. The van der Waals surface area contributed by atoms with Crippen molar-refractivity contribution in [1.82, 2.24) is 16.0 Å². The number of carboxylic acids is 2. The Balaban J connectivity index is 3.25. The lowest BCUT2D eigenvalue weighted by atomic mass is 10.1. The van der Waals surface area contributed by atoms with Crippen LogP contribution < -0.4 is 16.0 Å². The number of benzene rings is 1. The molecule has 11 nitrogen and oxygen atoms in total. The highest BCUT2D eigenvalue weighted by Crippen LogP contribution is 2.45. The Morgan fingerprint density at radius 2 is 1.39 bits per heavy atom. The third-order valence-electron chi connectivity index (χ3n) is 4.44. The van der Waals surface area contributed by atoms with Crippen LogP contribution in [0, 0.1) is 0 Å². The predicted octanol–water partition coefficient (Wildman–Crippen LogP) is 0.611. The number of carboxylic acid groups (broad SMARTS) is 2. The maximum atomic E-state index is 11.4. The van der Waals surface area contributed by atoms with Gasteiger partial charge in [0.15, 0.2) is 11.5 Å². The van der Waals surface area contributed by atoms with Crippen LogP contribution >= 0.6 is 23.5 Å². The smallest absolute Gasteiger partial charge is 0.327 e. The monoisotopic (exact) mass is 503 g/mol. The Labute approximate surface area is 199 Å². The molecule has 1 aromatic carbocycles. The molecule has 0 fully saturated rings. The lowest BCUT2D eigenvalue weighted by molar-refractivity contribution is -0.141. The molecule has 0 aliphatic rings. The summed E-state index contributed by atoms with van der Waals surface area (Å²) in [6.45, 7) is 4.28. The van der Waals surface area contributed by atoms with Crippen molar-refractivity contribution >= 4 is 47.3 Å². The third kappa shape index (κ3) is 9.02. The van der Waals surface area contributed by atoms with Crippen molar-refractivity contribution in [3.63, 3.8) is 0 Å². The highest BCUT2D eigenvalue weighted by Gasteiger charge is 2.25. The number of hydrogen-bond acceptors (Lipinski definition) is 9. The van der Waals surface area contributed by atoms with Gasteiger partial charge in [-0.3, -0.25) is 9.59 Å². The van der Waals surface area contributed by atoms with Gasteiger partial charge in [0.25, 0.3) is 0 Å². The van der Waals surface area contributed by atoms with Crippen LogP contribution in [0.1, 0.15) is 26.3 Å². The highest BCUT2D eigenvalue weighted by molar-refractivity contribution is 8.00. The number of nitrogens with one attached hydrogen (secondary N) is 3. The molecule has 0 aromatic heterocycles. The molecular formula is C20H29N3O8S2. The highest BCUT2D eigenvalue weighted by atomic mass is 32.2. The molecule has 13 heteroatoms. The molecule has 0 spiro atoms. The number of carbonyl (C=O) groups excluding carboxylic acids is 2. The minimum atomic E-state index is -1.24. The SMILES string of the molecule is CNC(C)Cc1cc(SC[C@H](NC(C)=O)C(=O)O)c(O)c(O)c1SC[C@H](NC(C)=O)C(=O)O. The van der Waals surface area contributed by atoms with Crippen LogP contribution in [-0.2, 0) is 25.6 Å². The fourth-order valence-corrected chi connectivity index (χ4v) is 4.85. The lowest BCUT2D eigenvalue weighted by Gasteiger charge is -2.20. The summed E-state index contributed by atoms with van der Waals surface area (Å²) in [5, 5.41) is 47.5. The molecule has 7 N–H and O–H groups in total. The van der Waals surface area contributed by atoms with Crippen LogP contribution in [0.4, 0.5) is 0 Å². The first-order valence-corrected chi connectivity index (χ1v) is 11.8. The summed E-state index contributed by atoms with van der Waals surface area (Å²) in [5.41, 5.74) is 0.595. The Bertz CT molecular complexity index is 897. The van der Waals surface area contributed by atoms with Gasteiger partial charge in [0, 0.05) is 31.4 Å². The van der Waals surface area contributed by atoms with Crippen molar-refractivity contribution in [1.29, 1.82) is 0 Å². The van der Waals surface area contributed by atoms with Gasteiger partial charge in [-0.05, 0) is 32.0 Å². The van der Waals surface area contributed by atoms with E-state index in [0.717, 1.165) is 23.5 Å². The standard InChI is InChI=1S/C20H29N3O8S2/c1-9(21-4)5-12-6-15(32-7-13(19(28)29)22-10(2)24)16(26)17(27)18(12)33-8-14(20(30)31)23-11(3)25/h6,9,13-14,21,26-27H,5,7-8H2,1-4H3,(H,22,24)(H,23,25)(H,28,29)(H,30,31)/t9?,13-,14-/m0/s1. The third-order valence-corrected chi connectivity index (χ3v) is 6.81. The quantitative estimate of drug-likeness (QED) is 0.148. The van der Waals surface area contributed by atoms with Gasteiger partial charge in [-0.15, -0.1) is 23.5 Å². The molecule has 1 rings (SSSR count). The molecule has 0 aliphatic heterocycles. The Hall–Kier alpha value is -2.64. The van der Waals surface area contributed by atoms with E-state index in [0.29, 0.717) is 12.0 Å². The fraction of sp³-hybridized carbons (Fsp3) is 0.500. The van der Waals surface area contributed by atoms with Crippen LogP contribution in [0.5, 0.6) is 11.5 Å². The number of aromatic hydroxyl groups is 2. The largest absolute Gasteiger partial charge is 0.503 e. The van der Waals surface area contributed by atoms with Gasteiger partial charge in [-0.25, -0.2) is 9.59 Å². The molecule has 0 saturated carbocycles. The maximum Gasteiger partial charge on any atom is 0.327 e. The average Bonchev–Trinajstić information content (AvgIpc) is 2.71. The summed E-state index contributed by atoms with van der Waals surface area (Å²) in [5.74, 6) is -4.66. The molecule has 1 unspecified atom stereocenters. The van der Waals surface area contributed by atoms with Crippen molar-refractivity contribution in [2.24, 2.45) is 0 Å². The van der Waals surface area contributed by atoms with E-state index in [-0.39, 0.29) is 27.3 Å². The molecule has 3 atom stereocenters. The van der Waals surface area contributed by atoms with Crippen LogP contribution in [0.15, 0.2) is 15.9 Å². The van der Waals surface area contributed by atoms with E-state index in [2.05, 4.69) is 16.0 Å². The first kappa shape index (κ1) is 28.4. The number of rotatable bonds is 13. The van der Waals surface area contributed by atoms with Gasteiger partial charge in [-0.2, -0.15) is 0 Å².